The summed E-state index contributed by atoms with van der Waals surface area (Å²) in [7, 11) is 1.78. The van der Waals surface area contributed by atoms with Gasteiger partial charge in [0.25, 0.3) is 0 Å². The zero-order valence-corrected chi connectivity index (χ0v) is 10.3. The lowest BCUT2D eigenvalue weighted by Crippen LogP contribution is -2.39. The number of hydrogen-bond donors (Lipinski definition) is 1. The van der Waals surface area contributed by atoms with Crippen molar-refractivity contribution in [2.75, 3.05) is 46.6 Å². The van der Waals surface area contributed by atoms with Gasteiger partial charge < -0.3 is 14.8 Å². The van der Waals surface area contributed by atoms with E-state index in [1.54, 1.807) is 7.11 Å². The number of hydrogen-bond acceptors (Lipinski definition) is 4. The highest BCUT2D eigenvalue weighted by Gasteiger charge is 2.28. The molecule has 4 heteroatoms. The van der Waals surface area contributed by atoms with Gasteiger partial charge in [-0.05, 0) is 19.3 Å². The van der Waals surface area contributed by atoms with Crippen LogP contribution in [-0.2, 0) is 9.47 Å². The average Bonchev–Trinajstić information content (AvgIpc) is 3.01. The minimum absolute atomic E-state index is 0.587. The van der Waals surface area contributed by atoms with Gasteiger partial charge in [-0.3, -0.25) is 4.90 Å². The molecular formula is C12H24N2O2. The van der Waals surface area contributed by atoms with E-state index in [0.717, 1.165) is 45.5 Å². The van der Waals surface area contributed by atoms with Crippen LogP contribution in [0.2, 0.25) is 0 Å². The van der Waals surface area contributed by atoms with Crippen LogP contribution in [0, 0.1) is 0 Å². The maximum atomic E-state index is 5.34. The molecule has 2 rings (SSSR count). The largest absolute Gasteiger partial charge is 0.383 e. The Morgan fingerprint density at radius 1 is 1.31 bits per heavy atom. The van der Waals surface area contributed by atoms with Gasteiger partial charge in [0.05, 0.1) is 13.2 Å². The monoisotopic (exact) mass is 228 g/mol. The molecule has 1 atom stereocenters. The SMILES string of the molecule is COCCN(CCNC1CCOC1)C1CC1. The topological polar surface area (TPSA) is 33.7 Å². The van der Waals surface area contributed by atoms with E-state index in [4.69, 9.17) is 9.47 Å². The highest BCUT2D eigenvalue weighted by atomic mass is 16.5. The van der Waals surface area contributed by atoms with Gasteiger partial charge >= 0.3 is 0 Å². The van der Waals surface area contributed by atoms with E-state index in [0.29, 0.717) is 6.04 Å². The summed E-state index contributed by atoms with van der Waals surface area (Å²) in [6.07, 6.45) is 3.91. The molecule has 4 nitrogen and oxygen atoms in total. The molecule has 1 saturated heterocycles. The first-order chi connectivity index (χ1) is 7.90. The minimum Gasteiger partial charge on any atom is -0.383 e. The third kappa shape index (κ3) is 4.01. The summed E-state index contributed by atoms with van der Waals surface area (Å²) in [6.45, 7) is 5.96. The van der Waals surface area contributed by atoms with E-state index in [1.807, 2.05) is 0 Å². The van der Waals surface area contributed by atoms with E-state index >= 15 is 0 Å². The van der Waals surface area contributed by atoms with Gasteiger partial charge in [-0.25, -0.2) is 0 Å². The Kier molecular flexibility index (Phi) is 5.03. The second-order valence-electron chi connectivity index (χ2n) is 4.77. The molecule has 1 unspecified atom stereocenters. The van der Waals surface area contributed by atoms with Crippen molar-refractivity contribution in [2.45, 2.75) is 31.3 Å². The average molecular weight is 228 g/mol. The predicted molar refractivity (Wildman–Crippen MR) is 63.7 cm³/mol. The number of nitrogens with one attached hydrogen (secondary N) is 1. The Morgan fingerprint density at radius 2 is 2.19 bits per heavy atom. The van der Waals surface area contributed by atoms with Gasteiger partial charge in [0, 0.05) is 45.4 Å². The van der Waals surface area contributed by atoms with Gasteiger partial charge in [-0.15, -0.1) is 0 Å². The second kappa shape index (κ2) is 6.55. The molecule has 2 fully saturated rings. The lowest BCUT2D eigenvalue weighted by atomic mass is 10.2. The normalized spacial score (nSPS) is 25.5. The molecule has 94 valence electrons. The third-order valence-electron chi connectivity index (χ3n) is 3.41. The maximum absolute atomic E-state index is 5.34. The molecule has 0 bridgehead atoms. The van der Waals surface area contributed by atoms with Crippen LogP contribution in [0.3, 0.4) is 0 Å². The maximum Gasteiger partial charge on any atom is 0.0620 e. The highest BCUT2D eigenvalue weighted by Crippen LogP contribution is 2.26. The summed E-state index contributed by atoms with van der Waals surface area (Å²) >= 11 is 0. The van der Waals surface area contributed by atoms with Crippen molar-refractivity contribution in [1.82, 2.24) is 10.2 Å². The van der Waals surface area contributed by atoms with E-state index in [2.05, 4.69) is 10.2 Å². The molecule has 0 aromatic rings. The Morgan fingerprint density at radius 3 is 2.81 bits per heavy atom. The Labute approximate surface area is 98.3 Å². The summed E-state index contributed by atoms with van der Waals surface area (Å²) in [5.41, 5.74) is 0. The van der Waals surface area contributed by atoms with Gasteiger partial charge in [0.15, 0.2) is 0 Å². The molecule has 1 aliphatic carbocycles. The van der Waals surface area contributed by atoms with Crippen molar-refractivity contribution >= 4 is 0 Å². The fourth-order valence-electron chi connectivity index (χ4n) is 2.23. The van der Waals surface area contributed by atoms with Crippen molar-refractivity contribution in [3.63, 3.8) is 0 Å². The van der Waals surface area contributed by atoms with Crippen LogP contribution < -0.4 is 5.32 Å². The summed E-state index contributed by atoms with van der Waals surface area (Å²) in [5.74, 6) is 0. The summed E-state index contributed by atoms with van der Waals surface area (Å²) in [5, 5.41) is 3.56. The Bertz CT molecular complexity index is 191. The molecule has 0 amide bonds. The van der Waals surface area contributed by atoms with Gasteiger partial charge in [0.1, 0.15) is 0 Å². The molecule has 16 heavy (non-hydrogen) atoms. The molecular weight excluding hydrogens is 204 g/mol. The first kappa shape index (κ1) is 12.3. The van der Waals surface area contributed by atoms with Crippen LogP contribution in [0.1, 0.15) is 19.3 Å². The fraction of sp³-hybridized carbons (Fsp3) is 1.00. The fourth-order valence-corrected chi connectivity index (χ4v) is 2.23. The lowest BCUT2D eigenvalue weighted by molar-refractivity contribution is 0.142. The van der Waals surface area contributed by atoms with E-state index in [-0.39, 0.29) is 0 Å². The lowest BCUT2D eigenvalue weighted by Gasteiger charge is -2.22. The van der Waals surface area contributed by atoms with Crippen LogP contribution in [0.4, 0.5) is 0 Å². The predicted octanol–water partition coefficient (Wildman–Crippen LogP) is 0.476. The van der Waals surface area contributed by atoms with Gasteiger partial charge in [-0.2, -0.15) is 0 Å². The summed E-state index contributed by atoms with van der Waals surface area (Å²) in [6, 6.07) is 1.42. The molecule has 1 N–H and O–H groups in total. The minimum atomic E-state index is 0.587. The van der Waals surface area contributed by atoms with Gasteiger partial charge in [0.2, 0.25) is 0 Å². The number of rotatable bonds is 8. The van der Waals surface area contributed by atoms with Gasteiger partial charge in [-0.1, -0.05) is 0 Å². The molecule has 0 spiro atoms. The van der Waals surface area contributed by atoms with Crippen LogP contribution in [0.15, 0.2) is 0 Å². The molecule has 1 aliphatic heterocycles. The van der Waals surface area contributed by atoms with Crippen LogP contribution in [0.5, 0.6) is 0 Å². The van der Waals surface area contributed by atoms with Crippen molar-refractivity contribution in [2.24, 2.45) is 0 Å². The van der Waals surface area contributed by atoms with Crippen LogP contribution in [-0.4, -0.2) is 63.5 Å². The molecule has 2 aliphatic rings. The molecule has 1 heterocycles. The van der Waals surface area contributed by atoms with Crippen molar-refractivity contribution in [1.29, 1.82) is 0 Å². The quantitative estimate of drug-likeness (QED) is 0.655. The van der Waals surface area contributed by atoms with Crippen molar-refractivity contribution in [3.8, 4) is 0 Å². The van der Waals surface area contributed by atoms with Crippen molar-refractivity contribution in [3.05, 3.63) is 0 Å². The standard InChI is InChI=1S/C12H24N2O2/c1-15-9-7-14(12-2-3-12)6-5-13-11-4-8-16-10-11/h11-13H,2-10H2,1H3. The highest BCUT2D eigenvalue weighted by molar-refractivity contribution is 4.85. The van der Waals surface area contributed by atoms with Crippen LogP contribution in [0.25, 0.3) is 0 Å². The second-order valence-corrected chi connectivity index (χ2v) is 4.77. The van der Waals surface area contributed by atoms with E-state index in [1.165, 1.54) is 19.3 Å². The molecule has 0 radical (unpaired) electrons. The zero-order valence-electron chi connectivity index (χ0n) is 10.3. The third-order valence-corrected chi connectivity index (χ3v) is 3.41. The first-order valence-corrected chi connectivity index (χ1v) is 6.44. The van der Waals surface area contributed by atoms with Crippen LogP contribution >= 0.6 is 0 Å². The smallest absolute Gasteiger partial charge is 0.0620 e. The van der Waals surface area contributed by atoms with E-state index < -0.39 is 0 Å². The molecule has 1 saturated carbocycles. The molecule has 0 aromatic carbocycles. The first-order valence-electron chi connectivity index (χ1n) is 6.44. The van der Waals surface area contributed by atoms with E-state index in [9.17, 15) is 0 Å². The van der Waals surface area contributed by atoms with Crippen molar-refractivity contribution < 1.29 is 9.47 Å². The summed E-state index contributed by atoms with van der Waals surface area (Å²) in [4.78, 5) is 2.55. The number of methoxy groups -OCH3 is 1. The Hall–Kier alpha value is -0.160. The zero-order chi connectivity index (χ0) is 11.2. The number of ether oxygens (including phenoxy) is 2. The Balaban J connectivity index is 1.57. The summed E-state index contributed by atoms with van der Waals surface area (Å²) < 4.78 is 10.5. The number of nitrogens with zero attached hydrogens (tertiary/aromatic N) is 1. The molecule has 0 aromatic heterocycles.